The first-order valence-electron chi connectivity index (χ1n) is 6.91. The van der Waals surface area contributed by atoms with Crippen molar-refractivity contribution in [2.45, 2.75) is 25.9 Å². The molecule has 0 aromatic carbocycles. The largest absolute Gasteiger partial charge is 0.467 e. The Morgan fingerprint density at radius 2 is 2.15 bits per heavy atom. The van der Waals surface area contributed by atoms with Crippen LogP contribution < -0.4 is 11.1 Å². The molecule has 1 aromatic heterocycles. The van der Waals surface area contributed by atoms with Gasteiger partial charge in [0.2, 0.25) is 0 Å². The van der Waals surface area contributed by atoms with E-state index in [1.165, 1.54) is 6.26 Å². The lowest BCUT2D eigenvalue weighted by molar-refractivity contribution is -0.00923. The molecule has 1 fully saturated rings. The molecule has 6 nitrogen and oxygen atoms in total. The van der Waals surface area contributed by atoms with Gasteiger partial charge in [-0.15, -0.1) is 0 Å². The van der Waals surface area contributed by atoms with Crippen LogP contribution in [-0.4, -0.2) is 49.2 Å². The summed E-state index contributed by atoms with van der Waals surface area (Å²) in [6, 6.07) is 1.68. The molecule has 3 N–H and O–H groups in total. The van der Waals surface area contributed by atoms with Gasteiger partial charge in [0.15, 0.2) is 0 Å². The van der Waals surface area contributed by atoms with Crippen molar-refractivity contribution in [1.29, 1.82) is 0 Å². The van der Waals surface area contributed by atoms with E-state index in [4.69, 9.17) is 14.9 Å². The van der Waals surface area contributed by atoms with Crippen molar-refractivity contribution in [3.63, 3.8) is 0 Å². The van der Waals surface area contributed by atoms with Crippen LogP contribution >= 0.6 is 0 Å². The van der Waals surface area contributed by atoms with Gasteiger partial charge in [0, 0.05) is 25.2 Å². The van der Waals surface area contributed by atoms with E-state index >= 15 is 0 Å². The van der Waals surface area contributed by atoms with Crippen LogP contribution in [0.3, 0.4) is 0 Å². The molecule has 1 aliphatic heterocycles. The molecule has 2 rings (SSSR count). The second-order valence-electron chi connectivity index (χ2n) is 5.60. The lowest BCUT2D eigenvalue weighted by Crippen LogP contribution is -2.55. The van der Waals surface area contributed by atoms with Crippen LogP contribution in [0.1, 0.15) is 30.0 Å². The Bertz CT molecular complexity index is 450. The highest BCUT2D eigenvalue weighted by atomic mass is 16.5. The van der Waals surface area contributed by atoms with Crippen LogP contribution in [0.25, 0.3) is 0 Å². The summed E-state index contributed by atoms with van der Waals surface area (Å²) in [4.78, 5) is 14.4. The smallest absolute Gasteiger partial charge is 0.254 e. The summed E-state index contributed by atoms with van der Waals surface area (Å²) >= 11 is 0. The highest BCUT2D eigenvalue weighted by molar-refractivity contribution is 5.94. The van der Waals surface area contributed by atoms with Crippen LogP contribution in [-0.2, 0) is 11.3 Å². The fourth-order valence-corrected chi connectivity index (χ4v) is 2.29. The molecular formula is C14H23N3O3. The monoisotopic (exact) mass is 281 g/mol. The summed E-state index contributed by atoms with van der Waals surface area (Å²) in [6.45, 7) is 8.41. The Kier molecular flexibility index (Phi) is 4.80. The third-order valence-electron chi connectivity index (χ3n) is 3.67. The van der Waals surface area contributed by atoms with Gasteiger partial charge < -0.3 is 20.2 Å². The van der Waals surface area contributed by atoms with Gasteiger partial charge in [-0.3, -0.25) is 9.69 Å². The zero-order valence-electron chi connectivity index (χ0n) is 12.1. The van der Waals surface area contributed by atoms with Crippen molar-refractivity contribution in [2.24, 2.45) is 5.73 Å². The minimum absolute atomic E-state index is 0.0973. The molecule has 0 saturated carbocycles. The predicted octanol–water partition coefficient (Wildman–Crippen LogP) is 0.579. The van der Waals surface area contributed by atoms with Gasteiger partial charge in [-0.2, -0.15) is 0 Å². The molecule has 0 bridgehead atoms. The molecule has 112 valence electrons. The number of morpholine rings is 1. The SMILES string of the molecule is CC(C)(CNC(=O)c1coc(CN)c1)N1CCOCC1. The predicted molar refractivity (Wildman–Crippen MR) is 75.4 cm³/mol. The Morgan fingerprint density at radius 1 is 1.45 bits per heavy atom. The summed E-state index contributed by atoms with van der Waals surface area (Å²) in [7, 11) is 0. The Hall–Kier alpha value is -1.37. The van der Waals surface area contributed by atoms with E-state index in [2.05, 4.69) is 24.1 Å². The number of carbonyl (C=O) groups excluding carboxylic acids is 1. The lowest BCUT2D eigenvalue weighted by Gasteiger charge is -2.40. The highest BCUT2D eigenvalue weighted by Gasteiger charge is 2.28. The van der Waals surface area contributed by atoms with E-state index < -0.39 is 0 Å². The molecule has 0 spiro atoms. The lowest BCUT2D eigenvalue weighted by atomic mass is 10.0. The molecule has 0 radical (unpaired) electrons. The number of nitrogens with one attached hydrogen (secondary N) is 1. The third kappa shape index (κ3) is 3.59. The maximum Gasteiger partial charge on any atom is 0.254 e. The van der Waals surface area contributed by atoms with Gasteiger partial charge in [-0.1, -0.05) is 0 Å². The number of hydrogen-bond acceptors (Lipinski definition) is 5. The van der Waals surface area contributed by atoms with Gasteiger partial charge >= 0.3 is 0 Å². The minimum atomic E-state index is -0.130. The Balaban J connectivity index is 1.88. The van der Waals surface area contributed by atoms with Crippen LogP contribution in [0.15, 0.2) is 16.7 Å². The number of furan rings is 1. The summed E-state index contributed by atoms with van der Waals surface area (Å²) in [5, 5.41) is 2.95. The number of nitrogens with zero attached hydrogens (tertiary/aromatic N) is 1. The highest BCUT2D eigenvalue weighted by Crippen LogP contribution is 2.15. The second-order valence-corrected chi connectivity index (χ2v) is 5.60. The van der Waals surface area contributed by atoms with E-state index in [0.717, 1.165) is 26.3 Å². The molecule has 0 atom stereocenters. The van der Waals surface area contributed by atoms with E-state index in [0.29, 0.717) is 24.4 Å². The van der Waals surface area contributed by atoms with Crippen LogP contribution in [0.2, 0.25) is 0 Å². The fraction of sp³-hybridized carbons (Fsp3) is 0.643. The summed E-state index contributed by atoms with van der Waals surface area (Å²) in [5.41, 5.74) is 5.88. The molecule has 0 aliphatic carbocycles. The second kappa shape index (κ2) is 6.39. The topological polar surface area (TPSA) is 80.7 Å². The molecule has 1 saturated heterocycles. The van der Waals surface area contributed by atoms with Gasteiger partial charge in [0.1, 0.15) is 12.0 Å². The summed E-state index contributed by atoms with van der Waals surface area (Å²) in [5.74, 6) is 0.484. The maximum atomic E-state index is 12.0. The Labute approximate surface area is 119 Å². The van der Waals surface area contributed by atoms with E-state index in [1.807, 2.05) is 0 Å². The van der Waals surface area contributed by atoms with Crippen molar-refractivity contribution >= 4 is 5.91 Å². The zero-order chi connectivity index (χ0) is 14.6. The molecule has 0 unspecified atom stereocenters. The first kappa shape index (κ1) is 15.0. The average Bonchev–Trinajstić information content (AvgIpc) is 2.95. The maximum absolute atomic E-state index is 12.0. The standard InChI is InChI=1S/C14H23N3O3/c1-14(2,17-3-5-19-6-4-17)10-16-13(18)11-7-12(8-15)20-9-11/h7,9H,3-6,8,10,15H2,1-2H3,(H,16,18). The molecule has 2 heterocycles. The van der Waals surface area contributed by atoms with Crippen molar-refractivity contribution in [2.75, 3.05) is 32.8 Å². The van der Waals surface area contributed by atoms with Gasteiger partial charge in [0.05, 0.1) is 25.3 Å². The number of rotatable bonds is 5. The molecule has 20 heavy (non-hydrogen) atoms. The number of amides is 1. The van der Waals surface area contributed by atoms with Crippen LogP contribution in [0, 0.1) is 0 Å². The van der Waals surface area contributed by atoms with Crippen molar-refractivity contribution < 1.29 is 13.9 Å². The van der Waals surface area contributed by atoms with Crippen LogP contribution in [0.4, 0.5) is 0 Å². The number of carbonyl (C=O) groups is 1. The molecule has 1 amide bonds. The molecular weight excluding hydrogens is 258 g/mol. The van der Waals surface area contributed by atoms with Crippen molar-refractivity contribution in [3.05, 3.63) is 23.7 Å². The number of hydrogen-bond donors (Lipinski definition) is 2. The third-order valence-corrected chi connectivity index (χ3v) is 3.67. The van der Waals surface area contributed by atoms with Crippen molar-refractivity contribution in [3.8, 4) is 0 Å². The van der Waals surface area contributed by atoms with Gasteiger partial charge in [-0.25, -0.2) is 0 Å². The van der Waals surface area contributed by atoms with Gasteiger partial charge in [0.25, 0.3) is 5.91 Å². The van der Waals surface area contributed by atoms with E-state index in [-0.39, 0.29) is 11.4 Å². The zero-order valence-corrected chi connectivity index (χ0v) is 12.1. The quantitative estimate of drug-likeness (QED) is 0.825. The minimum Gasteiger partial charge on any atom is -0.467 e. The van der Waals surface area contributed by atoms with E-state index in [1.54, 1.807) is 6.07 Å². The molecule has 1 aromatic rings. The molecule has 1 aliphatic rings. The first-order valence-corrected chi connectivity index (χ1v) is 6.91. The normalized spacial score (nSPS) is 17.1. The number of nitrogens with two attached hydrogens (primary N) is 1. The van der Waals surface area contributed by atoms with E-state index in [9.17, 15) is 4.79 Å². The molecule has 6 heteroatoms. The number of ether oxygens (including phenoxy) is 1. The fourth-order valence-electron chi connectivity index (χ4n) is 2.29. The van der Waals surface area contributed by atoms with Crippen LogP contribution in [0.5, 0.6) is 0 Å². The Morgan fingerprint density at radius 3 is 2.75 bits per heavy atom. The average molecular weight is 281 g/mol. The summed E-state index contributed by atoms with van der Waals surface area (Å²) < 4.78 is 10.5. The van der Waals surface area contributed by atoms with Gasteiger partial charge in [-0.05, 0) is 19.9 Å². The summed E-state index contributed by atoms with van der Waals surface area (Å²) in [6.07, 6.45) is 1.44. The van der Waals surface area contributed by atoms with Crippen molar-refractivity contribution in [1.82, 2.24) is 10.2 Å². The first-order chi connectivity index (χ1) is 9.53.